The van der Waals surface area contributed by atoms with Crippen LogP contribution in [0.1, 0.15) is 37.0 Å². The van der Waals surface area contributed by atoms with Gasteiger partial charge in [-0.2, -0.15) is 0 Å². The second kappa shape index (κ2) is 10.3. The summed E-state index contributed by atoms with van der Waals surface area (Å²) in [4.78, 5) is 24.2. The summed E-state index contributed by atoms with van der Waals surface area (Å²) in [5.74, 6) is 0.1000. The zero-order chi connectivity index (χ0) is 19.6. The second-order valence-electron chi connectivity index (χ2n) is 5.72. The molecule has 0 saturated carbocycles. The molecule has 2 aromatic carbocycles. The van der Waals surface area contributed by atoms with Gasteiger partial charge >= 0.3 is 0 Å². The number of hydrogen-bond donors (Lipinski definition) is 3. The summed E-state index contributed by atoms with van der Waals surface area (Å²) in [6.07, 6.45) is 1.24. The van der Waals surface area contributed by atoms with Gasteiger partial charge in [-0.15, -0.1) is 0 Å². The Balaban J connectivity index is 1.99. The summed E-state index contributed by atoms with van der Waals surface area (Å²) in [6, 6.07) is 14.1. The van der Waals surface area contributed by atoms with E-state index < -0.39 is 0 Å². The third kappa shape index (κ3) is 6.38. The number of thiocarbonyl (C=S) groups is 1. The number of carbonyl (C=O) groups excluding carboxylic acids is 2. The van der Waals surface area contributed by atoms with Crippen molar-refractivity contribution in [3.8, 4) is 5.75 Å². The number of para-hydroxylation sites is 1. The Morgan fingerprint density at radius 1 is 1.00 bits per heavy atom. The average Bonchev–Trinajstić information content (AvgIpc) is 2.62. The third-order valence-electron chi connectivity index (χ3n) is 3.54. The number of carbonyl (C=O) groups is 2. The standard InChI is InChI=1S/C20H23N3O3S/c1-3-8-18(24)21-14-9-7-10-15(13-14)22-20(27)23-19(25)16-11-5-6-12-17(16)26-4-2/h5-7,9-13H,3-4,8H2,1-2H3,(H,21,24)(H2,22,23,25,27). The van der Waals surface area contributed by atoms with Crippen molar-refractivity contribution in [3.05, 3.63) is 54.1 Å². The van der Waals surface area contributed by atoms with Gasteiger partial charge in [0.2, 0.25) is 5.91 Å². The van der Waals surface area contributed by atoms with E-state index in [1.165, 1.54) is 0 Å². The molecular formula is C20H23N3O3S. The average molecular weight is 385 g/mol. The van der Waals surface area contributed by atoms with Crippen molar-refractivity contribution in [2.24, 2.45) is 0 Å². The first-order chi connectivity index (χ1) is 13.0. The quantitative estimate of drug-likeness (QED) is 0.629. The molecule has 0 aliphatic carbocycles. The Labute approximate surface area is 164 Å². The van der Waals surface area contributed by atoms with E-state index in [1.807, 2.05) is 13.8 Å². The van der Waals surface area contributed by atoms with Crippen LogP contribution >= 0.6 is 12.2 Å². The highest BCUT2D eigenvalue weighted by molar-refractivity contribution is 7.80. The Morgan fingerprint density at radius 2 is 1.70 bits per heavy atom. The molecular weight excluding hydrogens is 362 g/mol. The van der Waals surface area contributed by atoms with Gasteiger partial charge in [-0.05, 0) is 55.9 Å². The summed E-state index contributed by atoms with van der Waals surface area (Å²) >= 11 is 5.22. The van der Waals surface area contributed by atoms with E-state index in [2.05, 4.69) is 16.0 Å². The number of rotatable bonds is 7. The van der Waals surface area contributed by atoms with Crippen LogP contribution in [-0.2, 0) is 4.79 Å². The molecule has 0 aliphatic rings. The Morgan fingerprint density at radius 3 is 2.41 bits per heavy atom. The van der Waals surface area contributed by atoms with E-state index in [0.29, 0.717) is 35.7 Å². The maximum atomic E-state index is 12.4. The molecule has 0 unspecified atom stereocenters. The molecule has 2 rings (SSSR count). The minimum atomic E-state index is -0.357. The lowest BCUT2D eigenvalue weighted by Crippen LogP contribution is -2.34. The molecule has 0 saturated heterocycles. The molecule has 0 aliphatic heterocycles. The van der Waals surface area contributed by atoms with E-state index in [-0.39, 0.29) is 16.9 Å². The molecule has 142 valence electrons. The van der Waals surface area contributed by atoms with Crippen LogP contribution in [0.25, 0.3) is 0 Å². The Hall–Kier alpha value is -2.93. The fourth-order valence-electron chi connectivity index (χ4n) is 2.39. The normalized spacial score (nSPS) is 10.0. The van der Waals surface area contributed by atoms with Crippen LogP contribution in [0.5, 0.6) is 5.75 Å². The highest BCUT2D eigenvalue weighted by Crippen LogP contribution is 2.18. The van der Waals surface area contributed by atoms with Crippen LogP contribution in [-0.4, -0.2) is 23.5 Å². The van der Waals surface area contributed by atoms with Gasteiger partial charge in [0.25, 0.3) is 5.91 Å². The first-order valence-electron chi connectivity index (χ1n) is 8.77. The molecule has 0 heterocycles. The van der Waals surface area contributed by atoms with Crippen molar-refractivity contribution < 1.29 is 14.3 Å². The minimum Gasteiger partial charge on any atom is -0.493 e. The van der Waals surface area contributed by atoms with E-state index in [1.54, 1.807) is 48.5 Å². The summed E-state index contributed by atoms with van der Waals surface area (Å²) in [5.41, 5.74) is 1.73. The van der Waals surface area contributed by atoms with Crippen LogP contribution in [0.3, 0.4) is 0 Å². The van der Waals surface area contributed by atoms with Crippen molar-refractivity contribution in [3.63, 3.8) is 0 Å². The molecule has 2 amide bonds. The summed E-state index contributed by atoms with van der Waals surface area (Å²) in [6.45, 7) is 4.26. The van der Waals surface area contributed by atoms with Gasteiger partial charge in [0, 0.05) is 17.8 Å². The molecule has 0 atom stereocenters. The van der Waals surface area contributed by atoms with E-state index >= 15 is 0 Å². The number of hydrogen-bond acceptors (Lipinski definition) is 4. The van der Waals surface area contributed by atoms with Gasteiger partial charge in [-0.25, -0.2) is 0 Å². The maximum Gasteiger partial charge on any atom is 0.261 e. The number of benzene rings is 2. The van der Waals surface area contributed by atoms with Crippen molar-refractivity contribution in [1.29, 1.82) is 0 Å². The van der Waals surface area contributed by atoms with Crippen molar-refractivity contribution >= 4 is 40.5 Å². The lowest BCUT2D eigenvalue weighted by atomic mass is 10.2. The summed E-state index contributed by atoms with van der Waals surface area (Å²) < 4.78 is 5.47. The molecule has 6 nitrogen and oxygen atoms in total. The highest BCUT2D eigenvalue weighted by atomic mass is 32.1. The summed E-state index contributed by atoms with van der Waals surface area (Å²) in [5, 5.41) is 8.56. The van der Waals surface area contributed by atoms with Crippen LogP contribution < -0.4 is 20.7 Å². The molecule has 0 spiro atoms. The van der Waals surface area contributed by atoms with Gasteiger partial charge in [0.15, 0.2) is 5.11 Å². The molecule has 0 bridgehead atoms. The third-order valence-corrected chi connectivity index (χ3v) is 3.74. The summed E-state index contributed by atoms with van der Waals surface area (Å²) in [7, 11) is 0. The monoisotopic (exact) mass is 385 g/mol. The van der Waals surface area contributed by atoms with Crippen LogP contribution in [0, 0.1) is 0 Å². The second-order valence-corrected chi connectivity index (χ2v) is 6.12. The van der Waals surface area contributed by atoms with Gasteiger partial charge in [0.1, 0.15) is 5.75 Å². The molecule has 27 heavy (non-hydrogen) atoms. The van der Waals surface area contributed by atoms with Crippen LogP contribution in [0.4, 0.5) is 11.4 Å². The number of amides is 2. The molecule has 2 aromatic rings. The van der Waals surface area contributed by atoms with Crippen molar-refractivity contribution in [1.82, 2.24) is 5.32 Å². The minimum absolute atomic E-state index is 0.0435. The Bertz CT molecular complexity index is 824. The van der Waals surface area contributed by atoms with Crippen LogP contribution in [0.15, 0.2) is 48.5 Å². The number of nitrogens with one attached hydrogen (secondary N) is 3. The maximum absolute atomic E-state index is 12.4. The smallest absolute Gasteiger partial charge is 0.261 e. The lowest BCUT2D eigenvalue weighted by molar-refractivity contribution is -0.116. The highest BCUT2D eigenvalue weighted by Gasteiger charge is 2.13. The molecule has 0 aromatic heterocycles. The predicted molar refractivity (Wildman–Crippen MR) is 111 cm³/mol. The van der Waals surface area contributed by atoms with Gasteiger partial charge in [-0.1, -0.05) is 25.1 Å². The number of anilines is 2. The van der Waals surface area contributed by atoms with E-state index in [4.69, 9.17) is 17.0 Å². The van der Waals surface area contributed by atoms with E-state index in [9.17, 15) is 9.59 Å². The Kier molecular flexibility index (Phi) is 7.76. The molecule has 7 heteroatoms. The van der Waals surface area contributed by atoms with Crippen molar-refractivity contribution in [2.45, 2.75) is 26.7 Å². The zero-order valence-electron chi connectivity index (χ0n) is 15.4. The molecule has 0 radical (unpaired) electrons. The van der Waals surface area contributed by atoms with Gasteiger partial charge < -0.3 is 15.4 Å². The van der Waals surface area contributed by atoms with E-state index in [0.717, 1.165) is 6.42 Å². The molecule has 0 fully saturated rings. The predicted octanol–water partition coefficient (Wildman–Crippen LogP) is 3.95. The molecule has 3 N–H and O–H groups in total. The van der Waals surface area contributed by atoms with Crippen molar-refractivity contribution in [2.75, 3.05) is 17.2 Å². The topological polar surface area (TPSA) is 79.5 Å². The fourth-order valence-corrected chi connectivity index (χ4v) is 2.60. The SMILES string of the molecule is CCCC(=O)Nc1cccc(NC(=S)NC(=O)c2ccccc2OCC)c1. The fraction of sp³-hybridized carbons (Fsp3) is 0.250. The van der Waals surface area contributed by atoms with Gasteiger partial charge in [-0.3, -0.25) is 14.9 Å². The first-order valence-corrected chi connectivity index (χ1v) is 9.18. The van der Waals surface area contributed by atoms with Gasteiger partial charge in [0.05, 0.1) is 12.2 Å². The largest absolute Gasteiger partial charge is 0.493 e. The number of ether oxygens (including phenoxy) is 1. The first kappa shape index (κ1) is 20.4. The lowest BCUT2D eigenvalue weighted by Gasteiger charge is -2.13. The zero-order valence-corrected chi connectivity index (χ0v) is 16.2. The van der Waals surface area contributed by atoms with Crippen LogP contribution in [0.2, 0.25) is 0 Å².